The molecular weight excluding hydrogens is 214 g/mol. The lowest BCUT2D eigenvalue weighted by atomic mass is 10.1. The molecule has 3 N–H and O–H groups in total. The molecule has 0 aromatic rings. The molecular formula is C10H15NO5. The number of carbonyl (C=O) groups excluding carboxylic acids is 1. The minimum atomic E-state index is -1.23. The second-order valence-corrected chi connectivity index (χ2v) is 3.22. The van der Waals surface area contributed by atoms with Crippen molar-refractivity contribution in [2.24, 2.45) is 0 Å². The Balaban J connectivity index is 4.11. The molecule has 1 unspecified atom stereocenters. The lowest BCUT2D eigenvalue weighted by molar-refractivity contribution is -0.143. The van der Waals surface area contributed by atoms with Crippen LogP contribution in [0, 0.1) is 0 Å². The first kappa shape index (κ1) is 14.2. The summed E-state index contributed by atoms with van der Waals surface area (Å²) >= 11 is 0. The Kier molecular flexibility index (Phi) is 6.58. The van der Waals surface area contributed by atoms with Crippen LogP contribution < -0.4 is 5.32 Å². The van der Waals surface area contributed by atoms with Crippen LogP contribution in [0.4, 0.5) is 0 Å². The summed E-state index contributed by atoms with van der Waals surface area (Å²) in [5.74, 6) is -2.74. The standard InChI is InChI=1S/C10H15NO5/c1-2-3-4-8(12)11-7(10(15)16)5-6-9(13)14/h2,7H,1,3-6H2,(H,11,12)(H,13,14)(H,15,16). The molecule has 0 aliphatic heterocycles. The Morgan fingerprint density at radius 2 is 1.88 bits per heavy atom. The van der Waals surface area contributed by atoms with Gasteiger partial charge in [0, 0.05) is 12.8 Å². The molecule has 6 heteroatoms. The molecule has 0 aromatic heterocycles. The van der Waals surface area contributed by atoms with Gasteiger partial charge in [0.2, 0.25) is 5.91 Å². The highest BCUT2D eigenvalue weighted by Gasteiger charge is 2.20. The third-order valence-corrected chi connectivity index (χ3v) is 1.86. The molecule has 0 aromatic carbocycles. The summed E-state index contributed by atoms with van der Waals surface area (Å²) in [5, 5.41) is 19.4. The summed E-state index contributed by atoms with van der Waals surface area (Å²) < 4.78 is 0. The smallest absolute Gasteiger partial charge is 0.326 e. The van der Waals surface area contributed by atoms with Crippen LogP contribution in [0.1, 0.15) is 25.7 Å². The minimum absolute atomic E-state index is 0.121. The topological polar surface area (TPSA) is 104 Å². The molecule has 0 radical (unpaired) electrons. The van der Waals surface area contributed by atoms with E-state index in [-0.39, 0.29) is 19.3 Å². The molecule has 0 aliphatic carbocycles. The number of nitrogens with one attached hydrogen (secondary N) is 1. The summed E-state index contributed by atoms with van der Waals surface area (Å²) in [5.41, 5.74) is 0. The molecule has 0 rings (SSSR count). The summed E-state index contributed by atoms with van der Waals surface area (Å²) in [4.78, 5) is 32.2. The highest BCUT2D eigenvalue weighted by atomic mass is 16.4. The van der Waals surface area contributed by atoms with Gasteiger partial charge in [0.25, 0.3) is 0 Å². The Morgan fingerprint density at radius 1 is 1.25 bits per heavy atom. The van der Waals surface area contributed by atoms with Crippen LogP contribution in [0.5, 0.6) is 0 Å². The molecule has 90 valence electrons. The number of allylic oxidation sites excluding steroid dienone is 1. The Bertz CT molecular complexity index is 287. The fourth-order valence-corrected chi connectivity index (χ4v) is 1.02. The molecule has 1 atom stereocenters. The van der Waals surface area contributed by atoms with Gasteiger partial charge in [-0.25, -0.2) is 4.79 Å². The van der Waals surface area contributed by atoms with Gasteiger partial charge in [0.1, 0.15) is 6.04 Å². The van der Waals surface area contributed by atoms with E-state index >= 15 is 0 Å². The van der Waals surface area contributed by atoms with E-state index in [9.17, 15) is 14.4 Å². The zero-order chi connectivity index (χ0) is 12.6. The number of hydrogen-bond donors (Lipinski definition) is 3. The van der Waals surface area contributed by atoms with Gasteiger partial charge in [-0.3, -0.25) is 9.59 Å². The van der Waals surface area contributed by atoms with Gasteiger partial charge in [-0.05, 0) is 12.8 Å². The molecule has 0 saturated heterocycles. The van der Waals surface area contributed by atoms with Gasteiger partial charge >= 0.3 is 11.9 Å². The Labute approximate surface area is 93.0 Å². The van der Waals surface area contributed by atoms with E-state index in [2.05, 4.69) is 11.9 Å². The predicted molar refractivity (Wildman–Crippen MR) is 55.9 cm³/mol. The molecule has 0 aliphatic rings. The predicted octanol–water partition coefficient (Wildman–Crippen LogP) is 0.387. The van der Waals surface area contributed by atoms with Gasteiger partial charge in [0.15, 0.2) is 0 Å². The van der Waals surface area contributed by atoms with Crippen LogP contribution in [0.25, 0.3) is 0 Å². The number of carboxylic acids is 2. The molecule has 0 heterocycles. The largest absolute Gasteiger partial charge is 0.481 e. The lowest BCUT2D eigenvalue weighted by Gasteiger charge is -2.12. The number of hydrogen-bond acceptors (Lipinski definition) is 3. The third-order valence-electron chi connectivity index (χ3n) is 1.86. The first-order valence-corrected chi connectivity index (χ1v) is 4.82. The fourth-order valence-electron chi connectivity index (χ4n) is 1.02. The first-order valence-electron chi connectivity index (χ1n) is 4.82. The van der Waals surface area contributed by atoms with Crippen molar-refractivity contribution in [3.63, 3.8) is 0 Å². The van der Waals surface area contributed by atoms with Crippen LogP contribution >= 0.6 is 0 Å². The van der Waals surface area contributed by atoms with Crippen molar-refractivity contribution < 1.29 is 24.6 Å². The van der Waals surface area contributed by atoms with Gasteiger partial charge in [-0.1, -0.05) is 6.08 Å². The molecule has 6 nitrogen and oxygen atoms in total. The zero-order valence-electron chi connectivity index (χ0n) is 8.81. The highest BCUT2D eigenvalue weighted by molar-refractivity contribution is 5.83. The van der Waals surface area contributed by atoms with Gasteiger partial charge in [-0.15, -0.1) is 6.58 Å². The fraction of sp³-hybridized carbons (Fsp3) is 0.500. The van der Waals surface area contributed by atoms with Crippen molar-refractivity contribution in [1.82, 2.24) is 5.32 Å². The minimum Gasteiger partial charge on any atom is -0.481 e. The van der Waals surface area contributed by atoms with Crippen LogP contribution in [-0.2, 0) is 14.4 Å². The highest BCUT2D eigenvalue weighted by Crippen LogP contribution is 1.99. The van der Waals surface area contributed by atoms with Crippen molar-refractivity contribution in [1.29, 1.82) is 0 Å². The zero-order valence-corrected chi connectivity index (χ0v) is 8.81. The Morgan fingerprint density at radius 3 is 2.31 bits per heavy atom. The van der Waals surface area contributed by atoms with Crippen LogP contribution in [0.15, 0.2) is 12.7 Å². The van der Waals surface area contributed by atoms with Crippen molar-refractivity contribution >= 4 is 17.8 Å². The van der Waals surface area contributed by atoms with Crippen molar-refractivity contribution in [2.45, 2.75) is 31.7 Å². The van der Waals surface area contributed by atoms with E-state index in [1.165, 1.54) is 0 Å². The van der Waals surface area contributed by atoms with E-state index in [1.807, 2.05) is 0 Å². The number of rotatable bonds is 8. The average molecular weight is 229 g/mol. The van der Waals surface area contributed by atoms with Crippen molar-refractivity contribution in [3.05, 3.63) is 12.7 Å². The van der Waals surface area contributed by atoms with Gasteiger partial charge in [0.05, 0.1) is 0 Å². The molecule has 0 spiro atoms. The van der Waals surface area contributed by atoms with Crippen LogP contribution in [0.2, 0.25) is 0 Å². The van der Waals surface area contributed by atoms with E-state index in [0.717, 1.165) is 0 Å². The maximum absolute atomic E-state index is 11.2. The number of carbonyl (C=O) groups is 3. The van der Waals surface area contributed by atoms with E-state index in [4.69, 9.17) is 10.2 Å². The van der Waals surface area contributed by atoms with Crippen molar-refractivity contribution in [2.75, 3.05) is 0 Å². The molecule has 16 heavy (non-hydrogen) atoms. The second kappa shape index (κ2) is 7.44. The molecule has 1 amide bonds. The second-order valence-electron chi connectivity index (χ2n) is 3.22. The quantitative estimate of drug-likeness (QED) is 0.522. The number of carboxylic acid groups (broad SMARTS) is 2. The maximum atomic E-state index is 11.2. The van der Waals surface area contributed by atoms with Crippen molar-refractivity contribution in [3.8, 4) is 0 Å². The summed E-state index contributed by atoms with van der Waals surface area (Å²) in [6.07, 6.45) is 1.74. The van der Waals surface area contributed by atoms with E-state index in [1.54, 1.807) is 6.08 Å². The summed E-state index contributed by atoms with van der Waals surface area (Å²) in [6.45, 7) is 3.43. The monoisotopic (exact) mass is 229 g/mol. The van der Waals surface area contributed by atoms with E-state index in [0.29, 0.717) is 6.42 Å². The van der Waals surface area contributed by atoms with Crippen LogP contribution in [-0.4, -0.2) is 34.1 Å². The number of amides is 1. The number of aliphatic carboxylic acids is 2. The van der Waals surface area contributed by atoms with E-state index < -0.39 is 23.9 Å². The SMILES string of the molecule is C=CCCC(=O)NC(CCC(=O)O)C(=O)O. The summed E-state index contributed by atoms with van der Waals surface area (Å²) in [6, 6.07) is -1.14. The van der Waals surface area contributed by atoms with Crippen LogP contribution in [0.3, 0.4) is 0 Å². The third kappa shape index (κ3) is 6.58. The maximum Gasteiger partial charge on any atom is 0.326 e. The van der Waals surface area contributed by atoms with Gasteiger partial charge in [-0.2, -0.15) is 0 Å². The Hall–Kier alpha value is -1.85. The van der Waals surface area contributed by atoms with Gasteiger partial charge < -0.3 is 15.5 Å². The average Bonchev–Trinajstić information content (AvgIpc) is 2.20. The molecule has 0 saturated carbocycles. The lowest BCUT2D eigenvalue weighted by Crippen LogP contribution is -2.40. The molecule has 0 fully saturated rings. The normalized spacial score (nSPS) is 11.5. The summed E-state index contributed by atoms with van der Waals surface area (Å²) in [7, 11) is 0. The molecule has 0 bridgehead atoms. The first-order chi connectivity index (χ1) is 7.47.